The van der Waals surface area contributed by atoms with Crippen molar-refractivity contribution in [3.8, 4) is 5.88 Å². The number of rotatable bonds is 6. The molecule has 0 bridgehead atoms. The summed E-state index contributed by atoms with van der Waals surface area (Å²) < 4.78 is 0. The Labute approximate surface area is 152 Å². The normalized spacial score (nSPS) is 11.3. The number of aromatic nitrogens is 1. The van der Waals surface area contributed by atoms with E-state index in [4.69, 9.17) is 0 Å². The fraction of sp³-hybridized carbons (Fsp3) is 0.238. The van der Waals surface area contributed by atoms with Gasteiger partial charge >= 0.3 is 0 Å². The van der Waals surface area contributed by atoms with E-state index in [9.17, 15) is 9.90 Å². The van der Waals surface area contributed by atoms with Crippen molar-refractivity contribution in [3.63, 3.8) is 0 Å². The number of fused-ring (bicyclic) bond motifs is 1. The summed E-state index contributed by atoms with van der Waals surface area (Å²) in [5.74, 6) is -0.150. The van der Waals surface area contributed by atoms with E-state index in [2.05, 4.69) is 53.0 Å². The van der Waals surface area contributed by atoms with Gasteiger partial charge in [0.1, 0.15) is 0 Å². The molecule has 0 aliphatic carbocycles. The van der Waals surface area contributed by atoms with E-state index in [0.29, 0.717) is 22.9 Å². The van der Waals surface area contributed by atoms with Crippen LogP contribution < -0.4 is 10.5 Å². The molecule has 2 N–H and O–H groups in total. The molecule has 2 aromatic carbocycles. The zero-order valence-electron chi connectivity index (χ0n) is 15.1. The standard InChI is InChI=1S/C21H23N3O2/c1-3-24(16-8-6-7-15(2)13-16)12-11-22-14-19-17-9-4-5-10-18(17)20(25)23-21(19)26/h4-10,13-14H,3,11-12H2,1-2H3,(H2,23,25,26). The molecular formula is C21H23N3O2. The maximum atomic E-state index is 11.9. The van der Waals surface area contributed by atoms with Crippen molar-refractivity contribution < 1.29 is 5.11 Å². The molecule has 1 heterocycles. The van der Waals surface area contributed by atoms with Gasteiger partial charge in [-0.25, -0.2) is 0 Å². The summed E-state index contributed by atoms with van der Waals surface area (Å²) in [5.41, 5.74) is 2.65. The van der Waals surface area contributed by atoms with E-state index < -0.39 is 0 Å². The van der Waals surface area contributed by atoms with Crippen LogP contribution in [0.2, 0.25) is 0 Å². The van der Waals surface area contributed by atoms with Crippen molar-refractivity contribution in [1.29, 1.82) is 0 Å². The van der Waals surface area contributed by atoms with Crippen LogP contribution in [0.5, 0.6) is 5.88 Å². The third-order valence-electron chi connectivity index (χ3n) is 4.42. The number of aryl methyl sites for hydroxylation is 1. The summed E-state index contributed by atoms with van der Waals surface area (Å²) in [6.45, 7) is 6.46. The molecule has 0 aliphatic rings. The van der Waals surface area contributed by atoms with Gasteiger partial charge in [-0.05, 0) is 37.6 Å². The molecule has 0 amide bonds. The molecule has 134 valence electrons. The van der Waals surface area contributed by atoms with Gasteiger partial charge < -0.3 is 10.0 Å². The molecule has 0 saturated heterocycles. The van der Waals surface area contributed by atoms with Crippen LogP contribution in [0.15, 0.2) is 58.3 Å². The van der Waals surface area contributed by atoms with Gasteiger partial charge in [-0.2, -0.15) is 0 Å². The number of nitrogens with one attached hydrogen (secondary N) is 1. The van der Waals surface area contributed by atoms with Crippen molar-refractivity contribution in [3.05, 3.63) is 70.0 Å². The molecular weight excluding hydrogens is 326 g/mol. The number of H-pyrrole nitrogens is 1. The maximum Gasteiger partial charge on any atom is 0.258 e. The van der Waals surface area contributed by atoms with E-state index in [1.807, 2.05) is 12.1 Å². The molecule has 0 atom stereocenters. The van der Waals surface area contributed by atoms with Crippen molar-refractivity contribution in [2.45, 2.75) is 13.8 Å². The van der Waals surface area contributed by atoms with Crippen LogP contribution in [-0.4, -0.2) is 35.9 Å². The molecule has 0 unspecified atom stereocenters. The number of anilines is 1. The summed E-state index contributed by atoms with van der Waals surface area (Å²) in [4.78, 5) is 21.1. The van der Waals surface area contributed by atoms with Crippen molar-refractivity contribution >= 4 is 22.7 Å². The van der Waals surface area contributed by atoms with Crippen LogP contribution in [0.1, 0.15) is 18.1 Å². The SMILES string of the molecule is CCN(CCN=Cc1c(O)[nH]c(=O)c2ccccc12)c1cccc(C)c1. The Balaban J connectivity index is 1.77. The maximum absolute atomic E-state index is 11.9. The predicted octanol–water partition coefficient (Wildman–Crippen LogP) is 3.49. The van der Waals surface area contributed by atoms with Crippen molar-refractivity contribution in [2.24, 2.45) is 4.99 Å². The first-order chi connectivity index (χ1) is 12.6. The summed E-state index contributed by atoms with van der Waals surface area (Å²) in [7, 11) is 0. The van der Waals surface area contributed by atoms with Gasteiger partial charge in [0.05, 0.1) is 12.1 Å². The van der Waals surface area contributed by atoms with Gasteiger partial charge in [0.2, 0.25) is 5.88 Å². The number of likely N-dealkylation sites (N-methyl/N-ethyl adjacent to an activating group) is 1. The summed E-state index contributed by atoms with van der Waals surface area (Å²) in [6.07, 6.45) is 1.64. The lowest BCUT2D eigenvalue weighted by Crippen LogP contribution is -2.25. The number of pyridine rings is 1. The minimum absolute atomic E-state index is 0.150. The van der Waals surface area contributed by atoms with Gasteiger partial charge in [-0.15, -0.1) is 0 Å². The number of aromatic hydroxyl groups is 1. The monoisotopic (exact) mass is 349 g/mol. The number of nitrogens with zero attached hydrogens (tertiary/aromatic N) is 2. The highest BCUT2D eigenvalue weighted by Gasteiger charge is 2.08. The smallest absolute Gasteiger partial charge is 0.258 e. The largest absolute Gasteiger partial charge is 0.494 e. The molecule has 0 spiro atoms. The van der Waals surface area contributed by atoms with Gasteiger partial charge in [0, 0.05) is 35.8 Å². The molecule has 0 saturated carbocycles. The number of benzene rings is 2. The third-order valence-corrected chi connectivity index (χ3v) is 4.42. The average Bonchev–Trinajstić information content (AvgIpc) is 2.64. The lowest BCUT2D eigenvalue weighted by atomic mass is 10.1. The highest BCUT2D eigenvalue weighted by atomic mass is 16.3. The number of hydrogen-bond acceptors (Lipinski definition) is 4. The second kappa shape index (κ2) is 7.87. The Morgan fingerprint density at radius 1 is 1.15 bits per heavy atom. The lowest BCUT2D eigenvalue weighted by molar-refractivity contribution is 0.452. The van der Waals surface area contributed by atoms with Crippen molar-refractivity contribution in [1.82, 2.24) is 4.98 Å². The summed E-state index contributed by atoms with van der Waals surface area (Å²) in [5, 5.41) is 11.3. The van der Waals surface area contributed by atoms with Gasteiger partial charge in [0.15, 0.2) is 0 Å². The van der Waals surface area contributed by atoms with E-state index in [1.165, 1.54) is 11.3 Å². The van der Waals surface area contributed by atoms with Gasteiger partial charge in [-0.1, -0.05) is 30.3 Å². The Kier molecular flexibility index (Phi) is 5.37. The molecule has 5 nitrogen and oxygen atoms in total. The second-order valence-corrected chi connectivity index (χ2v) is 6.22. The van der Waals surface area contributed by atoms with Crippen LogP contribution in [0.25, 0.3) is 10.8 Å². The first-order valence-electron chi connectivity index (χ1n) is 8.75. The Hall–Kier alpha value is -3.08. The highest BCUT2D eigenvalue weighted by Crippen LogP contribution is 2.20. The molecule has 5 heteroatoms. The van der Waals surface area contributed by atoms with Crippen molar-refractivity contribution in [2.75, 3.05) is 24.5 Å². The molecule has 26 heavy (non-hydrogen) atoms. The zero-order valence-corrected chi connectivity index (χ0v) is 15.1. The first-order valence-corrected chi connectivity index (χ1v) is 8.75. The van der Waals surface area contributed by atoms with E-state index in [-0.39, 0.29) is 11.4 Å². The second-order valence-electron chi connectivity index (χ2n) is 6.22. The topological polar surface area (TPSA) is 68.7 Å². The first kappa shape index (κ1) is 17.7. The van der Waals surface area contributed by atoms with E-state index in [0.717, 1.165) is 13.1 Å². The Morgan fingerprint density at radius 2 is 1.92 bits per heavy atom. The molecule has 3 rings (SSSR count). The Morgan fingerprint density at radius 3 is 2.65 bits per heavy atom. The zero-order chi connectivity index (χ0) is 18.5. The average molecular weight is 349 g/mol. The minimum Gasteiger partial charge on any atom is -0.494 e. The minimum atomic E-state index is -0.299. The van der Waals surface area contributed by atoms with Crippen LogP contribution in [0.4, 0.5) is 5.69 Å². The van der Waals surface area contributed by atoms with Crippen LogP contribution in [0.3, 0.4) is 0 Å². The van der Waals surface area contributed by atoms with E-state index in [1.54, 1.807) is 18.3 Å². The lowest BCUT2D eigenvalue weighted by Gasteiger charge is -2.22. The molecule has 1 aromatic heterocycles. The van der Waals surface area contributed by atoms with E-state index >= 15 is 0 Å². The van der Waals surface area contributed by atoms with Crippen LogP contribution >= 0.6 is 0 Å². The quantitative estimate of drug-likeness (QED) is 0.669. The van der Waals surface area contributed by atoms with Crippen LogP contribution in [-0.2, 0) is 0 Å². The number of aromatic amines is 1. The fourth-order valence-corrected chi connectivity index (χ4v) is 3.05. The number of aliphatic imine (C=N–C) groups is 1. The van der Waals surface area contributed by atoms with Gasteiger partial charge in [-0.3, -0.25) is 14.8 Å². The molecule has 0 fully saturated rings. The molecule has 0 aliphatic heterocycles. The molecule has 0 radical (unpaired) electrons. The van der Waals surface area contributed by atoms with Crippen LogP contribution in [0, 0.1) is 6.92 Å². The third kappa shape index (κ3) is 3.77. The fourth-order valence-electron chi connectivity index (χ4n) is 3.05. The highest BCUT2D eigenvalue weighted by molar-refractivity contribution is 6.01. The number of hydrogen-bond donors (Lipinski definition) is 2. The predicted molar refractivity (Wildman–Crippen MR) is 108 cm³/mol. The Bertz CT molecular complexity index is 992. The summed E-state index contributed by atoms with van der Waals surface area (Å²) in [6, 6.07) is 15.6. The van der Waals surface area contributed by atoms with Gasteiger partial charge in [0.25, 0.3) is 5.56 Å². The molecule has 3 aromatic rings. The summed E-state index contributed by atoms with van der Waals surface area (Å²) >= 11 is 0.